The SMILES string of the molecule is Nc1cccc(-c2cccc(/C=C/c3ccc4c(c3)CC4)c2)c1.O=[N+]([O-])c1cccc(-c2cccc(/C=C/c3ccc4c(c3)CC4)c2)c1. The first kappa shape index (κ1) is 30.6. The van der Waals surface area contributed by atoms with E-state index in [1.165, 1.54) is 76.3 Å². The molecule has 4 heteroatoms. The number of hydrogen-bond donors (Lipinski definition) is 1. The van der Waals surface area contributed by atoms with Gasteiger partial charge in [-0.05, 0) is 117 Å². The molecular weight excluding hydrogens is 588 g/mol. The summed E-state index contributed by atoms with van der Waals surface area (Å²) in [6.45, 7) is 0. The molecule has 0 aromatic heterocycles. The number of nitro benzene ring substituents is 1. The van der Waals surface area contributed by atoms with Gasteiger partial charge in [-0.3, -0.25) is 10.1 Å². The molecule has 0 amide bonds. The van der Waals surface area contributed by atoms with Crippen LogP contribution < -0.4 is 5.73 Å². The summed E-state index contributed by atoms with van der Waals surface area (Å²) in [6, 6.07) is 44.7. The normalized spacial score (nSPS) is 12.8. The van der Waals surface area contributed by atoms with E-state index in [1.54, 1.807) is 12.1 Å². The van der Waals surface area contributed by atoms with Crippen molar-refractivity contribution in [3.8, 4) is 22.3 Å². The maximum absolute atomic E-state index is 11.0. The second-order valence-corrected chi connectivity index (χ2v) is 12.4. The van der Waals surface area contributed by atoms with E-state index in [0.29, 0.717) is 0 Å². The summed E-state index contributed by atoms with van der Waals surface area (Å²) in [4.78, 5) is 10.6. The van der Waals surface area contributed by atoms with E-state index >= 15 is 0 Å². The summed E-state index contributed by atoms with van der Waals surface area (Å²) >= 11 is 0. The van der Waals surface area contributed by atoms with Gasteiger partial charge in [-0.15, -0.1) is 0 Å². The number of non-ortho nitro benzene ring substituents is 1. The Balaban J connectivity index is 0.000000152. The van der Waals surface area contributed by atoms with Crippen molar-refractivity contribution in [3.05, 3.63) is 188 Å². The molecule has 0 unspecified atom stereocenters. The van der Waals surface area contributed by atoms with E-state index in [-0.39, 0.29) is 10.6 Å². The Morgan fingerprint density at radius 2 is 0.875 bits per heavy atom. The Kier molecular flexibility index (Phi) is 8.80. The average molecular weight is 625 g/mol. The Labute approximate surface area is 281 Å². The molecule has 6 aromatic rings. The minimum atomic E-state index is -0.363. The number of nitrogen functional groups attached to an aromatic ring is 1. The van der Waals surface area contributed by atoms with Gasteiger partial charge in [0.05, 0.1) is 4.92 Å². The van der Waals surface area contributed by atoms with Crippen LogP contribution in [-0.4, -0.2) is 4.92 Å². The molecule has 0 saturated heterocycles. The molecule has 0 heterocycles. The van der Waals surface area contributed by atoms with E-state index < -0.39 is 0 Å². The largest absolute Gasteiger partial charge is 0.399 e. The second-order valence-electron chi connectivity index (χ2n) is 12.4. The maximum atomic E-state index is 11.0. The van der Waals surface area contributed by atoms with Crippen molar-refractivity contribution in [2.45, 2.75) is 25.7 Å². The van der Waals surface area contributed by atoms with Crippen molar-refractivity contribution < 1.29 is 4.92 Å². The van der Waals surface area contributed by atoms with Crippen LogP contribution in [0.15, 0.2) is 133 Å². The van der Waals surface area contributed by atoms with Crippen LogP contribution in [0.3, 0.4) is 0 Å². The monoisotopic (exact) mass is 624 g/mol. The molecular formula is C44H36N2O2. The van der Waals surface area contributed by atoms with Crippen LogP contribution in [0.1, 0.15) is 44.5 Å². The van der Waals surface area contributed by atoms with E-state index in [1.807, 2.05) is 42.5 Å². The van der Waals surface area contributed by atoms with Crippen molar-refractivity contribution in [2.24, 2.45) is 0 Å². The highest BCUT2D eigenvalue weighted by atomic mass is 16.6. The van der Waals surface area contributed by atoms with E-state index in [9.17, 15) is 10.1 Å². The minimum absolute atomic E-state index is 0.112. The fourth-order valence-electron chi connectivity index (χ4n) is 6.18. The molecule has 2 N–H and O–H groups in total. The summed E-state index contributed by atoms with van der Waals surface area (Å²) in [5.41, 5.74) is 21.6. The van der Waals surface area contributed by atoms with Crippen LogP contribution in [0.4, 0.5) is 11.4 Å². The molecule has 8 rings (SSSR count). The number of anilines is 1. The third kappa shape index (κ3) is 7.19. The van der Waals surface area contributed by atoms with Crippen LogP contribution in [0, 0.1) is 10.1 Å². The van der Waals surface area contributed by atoms with Crippen molar-refractivity contribution >= 4 is 35.7 Å². The zero-order chi connectivity index (χ0) is 32.9. The lowest BCUT2D eigenvalue weighted by atomic mass is 9.87. The molecule has 4 nitrogen and oxygen atoms in total. The van der Waals surface area contributed by atoms with E-state index in [0.717, 1.165) is 27.9 Å². The van der Waals surface area contributed by atoms with Gasteiger partial charge in [-0.2, -0.15) is 0 Å². The topological polar surface area (TPSA) is 69.2 Å². The summed E-state index contributed by atoms with van der Waals surface area (Å²) in [5.74, 6) is 0. The van der Waals surface area contributed by atoms with E-state index in [4.69, 9.17) is 5.73 Å². The third-order valence-electron chi connectivity index (χ3n) is 9.11. The maximum Gasteiger partial charge on any atom is 0.270 e. The number of nitrogens with two attached hydrogens (primary N) is 1. The zero-order valence-corrected chi connectivity index (χ0v) is 26.7. The van der Waals surface area contributed by atoms with Crippen molar-refractivity contribution in [1.82, 2.24) is 0 Å². The molecule has 234 valence electrons. The van der Waals surface area contributed by atoms with Crippen molar-refractivity contribution in [3.63, 3.8) is 0 Å². The minimum Gasteiger partial charge on any atom is -0.399 e. The van der Waals surface area contributed by atoms with Gasteiger partial charge in [-0.1, -0.05) is 121 Å². The second kappa shape index (κ2) is 13.8. The molecule has 0 radical (unpaired) electrons. The number of benzene rings is 6. The number of rotatable bonds is 7. The Hall–Kier alpha value is -6.00. The van der Waals surface area contributed by atoms with Crippen molar-refractivity contribution in [2.75, 3.05) is 5.73 Å². The third-order valence-corrected chi connectivity index (χ3v) is 9.11. The van der Waals surface area contributed by atoms with Gasteiger partial charge >= 0.3 is 0 Å². The summed E-state index contributed by atoms with van der Waals surface area (Å²) in [5, 5.41) is 11.0. The quantitative estimate of drug-likeness (QED) is 0.0831. The van der Waals surface area contributed by atoms with Crippen LogP contribution in [0.2, 0.25) is 0 Å². The highest BCUT2D eigenvalue weighted by Crippen LogP contribution is 2.28. The lowest BCUT2D eigenvalue weighted by Gasteiger charge is -2.18. The van der Waals surface area contributed by atoms with Gasteiger partial charge in [0.25, 0.3) is 5.69 Å². The zero-order valence-electron chi connectivity index (χ0n) is 26.7. The van der Waals surface area contributed by atoms with Gasteiger partial charge in [0.15, 0.2) is 0 Å². The summed E-state index contributed by atoms with van der Waals surface area (Å²) in [7, 11) is 0. The first-order chi connectivity index (χ1) is 23.5. The molecule has 0 atom stereocenters. The number of fused-ring (bicyclic) bond motifs is 2. The molecule has 0 saturated carbocycles. The van der Waals surface area contributed by atoms with Crippen LogP contribution >= 0.6 is 0 Å². The number of nitrogens with zero attached hydrogens (tertiary/aromatic N) is 1. The molecule has 0 spiro atoms. The van der Waals surface area contributed by atoms with Crippen molar-refractivity contribution in [1.29, 1.82) is 0 Å². The standard InChI is InChI=1S/C22H17NO2.C22H19N/c24-23(25)22-6-2-5-20(15-22)19-4-1-3-16(13-19)7-8-17-9-10-18-11-12-21(18)14-17;23-22-6-2-5-20(15-22)19-4-1-3-16(13-19)7-8-17-9-10-18-11-12-21(18)14-17/h1-10,13-15H,11-12H2;1-10,13-15H,11-12,23H2/b2*8-7+. The molecule has 2 aliphatic carbocycles. The van der Waals surface area contributed by atoms with Crippen LogP contribution in [0.25, 0.3) is 46.6 Å². The number of hydrogen-bond acceptors (Lipinski definition) is 3. The molecule has 2 aliphatic rings. The number of aryl methyl sites for hydroxylation is 4. The average Bonchev–Trinajstić information content (AvgIpc) is 3.09. The Morgan fingerprint density at radius 3 is 1.31 bits per heavy atom. The Bertz CT molecular complexity index is 2190. The number of nitro groups is 1. The molecule has 0 bridgehead atoms. The highest BCUT2D eigenvalue weighted by molar-refractivity contribution is 5.76. The van der Waals surface area contributed by atoms with Crippen LogP contribution in [-0.2, 0) is 25.7 Å². The van der Waals surface area contributed by atoms with E-state index in [2.05, 4.69) is 97.1 Å². The molecule has 6 aromatic carbocycles. The van der Waals surface area contributed by atoms with Crippen LogP contribution in [0.5, 0.6) is 0 Å². The summed E-state index contributed by atoms with van der Waals surface area (Å²) in [6.07, 6.45) is 13.4. The lowest BCUT2D eigenvalue weighted by Crippen LogP contribution is -2.07. The fraction of sp³-hybridized carbons (Fsp3) is 0.0909. The first-order valence-corrected chi connectivity index (χ1v) is 16.4. The summed E-state index contributed by atoms with van der Waals surface area (Å²) < 4.78 is 0. The Morgan fingerprint density at radius 1 is 0.458 bits per heavy atom. The van der Waals surface area contributed by atoms with Gasteiger partial charge < -0.3 is 5.73 Å². The van der Waals surface area contributed by atoms with Gasteiger partial charge in [0, 0.05) is 17.8 Å². The van der Waals surface area contributed by atoms with Gasteiger partial charge in [0.2, 0.25) is 0 Å². The molecule has 0 aliphatic heterocycles. The molecule has 0 fully saturated rings. The predicted octanol–water partition coefficient (Wildman–Crippen LogP) is 10.7. The van der Waals surface area contributed by atoms with Gasteiger partial charge in [0.1, 0.15) is 0 Å². The van der Waals surface area contributed by atoms with Gasteiger partial charge in [-0.25, -0.2) is 0 Å². The smallest absolute Gasteiger partial charge is 0.270 e. The highest BCUT2D eigenvalue weighted by Gasteiger charge is 2.13. The molecule has 48 heavy (non-hydrogen) atoms. The first-order valence-electron chi connectivity index (χ1n) is 16.4. The predicted molar refractivity (Wildman–Crippen MR) is 200 cm³/mol. The fourth-order valence-corrected chi connectivity index (χ4v) is 6.18. The lowest BCUT2D eigenvalue weighted by molar-refractivity contribution is -0.384.